The summed E-state index contributed by atoms with van der Waals surface area (Å²) < 4.78 is 30.0. The number of fused-ring (bicyclic) bond motifs is 1. The molecule has 0 fully saturated rings. The van der Waals surface area contributed by atoms with Crippen molar-refractivity contribution in [1.29, 1.82) is 0 Å². The normalized spacial score (nSPS) is 12.1. The Balaban J connectivity index is 2.38. The summed E-state index contributed by atoms with van der Waals surface area (Å²) in [7, 11) is -2.51. The van der Waals surface area contributed by atoms with Gasteiger partial charge in [-0.3, -0.25) is 4.79 Å². The molecule has 9 heteroatoms. The van der Waals surface area contributed by atoms with Gasteiger partial charge in [0.1, 0.15) is 10.4 Å². The Kier molecular flexibility index (Phi) is 3.49. The Morgan fingerprint density at radius 3 is 2.84 bits per heavy atom. The molecule has 0 aliphatic heterocycles. The molecule has 0 radical (unpaired) electrons. The molecule has 19 heavy (non-hydrogen) atoms. The van der Waals surface area contributed by atoms with E-state index in [2.05, 4.69) is 14.9 Å². The second-order valence-electron chi connectivity index (χ2n) is 3.86. The van der Waals surface area contributed by atoms with E-state index >= 15 is 0 Å². The third-order valence-corrected chi connectivity index (χ3v) is 4.47. The highest BCUT2D eigenvalue weighted by Crippen LogP contribution is 2.22. The number of hydrogen-bond donors (Lipinski definition) is 1. The summed E-state index contributed by atoms with van der Waals surface area (Å²) in [4.78, 5) is 10.4. The van der Waals surface area contributed by atoms with Crippen LogP contribution in [0.1, 0.15) is 6.42 Å². The van der Waals surface area contributed by atoms with Crippen LogP contribution in [0.25, 0.3) is 11.0 Å². The van der Waals surface area contributed by atoms with Crippen LogP contribution >= 0.6 is 0 Å². The van der Waals surface area contributed by atoms with E-state index in [1.807, 2.05) is 0 Å². The van der Waals surface area contributed by atoms with Gasteiger partial charge in [-0.25, -0.2) is 17.4 Å². The molecule has 0 saturated heterocycles. The van der Waals surface area contributed by atoms with Gasteiger partial charge in [0.2, 0.25) is 10.0 Å². The summed E-state index contributed by atoms with van der Waals surface area (Å²) in [5.41, 5.74) is 0.456. The fourth-order valence-corrected chi connectivity index (χ4v) is 2.83. The number of rotatable bonds is 5. The lowest BCUT2D eigenvalue weighted by atomic mass is 10.3. The smallest absolute Gasteiger partial charge is 0.304 e. The van der Waals surface area contributed by atoms with Gasteiger partial charge >= 0.3 is 5.97 Å². The maximum Gasteiger partial charge on any atom is 0.304 e. The maximum absolute atomic E-state index is 12.3. The zero-order valence-corrected chi connectivity index (χ0v) is 10.8. The highest BCUT2D eigenvalue weighted by Gasteiger charge is 2.25. The molecule has 0 aliphatic carbocycles. The first-order valence-electron chi connectivity index (χ1n) is 5.32. The summed E-state index contributed by atoms with van der Waals surface area (Å²) in [5, 5.41) is 15.7. The standard InChI is InChI=1S/C10H11N3O5S/c1-13(6-5-9(14)15)19(16,17)8-4-2-3-7-10(8)12-18-11-7/h2-4H,5-6H2,1H3,(H,14,15). The third kappa shape index (κ3) is 2.56. The Bertz CT molecular complexity index is 709. The maximum atomic E-state index is 12.3. The van der Waals surface area contributed by atoms with Crippen molar-refractivity contribution in [2.45, 2.75) is 11.3 Å². The van der Waals surface area contributed by atoms with Gasteiger partial charge in [-0.05, 0) is 22.4 Å². The van der Waals surface area contributed by atoms with Crippen LogP contribution in [0.15, 0.2) is 27.7 Å². The van der Waals surface area contributed by atoms with Gasteiger partial charge in [0.15, 0.2) is 5.52 Å². The van der Waals surface area contributed by atoms with Crippen LogP contribution < -0.4 is 0 Å². The molecule has 0 spiro atoms. The fourth-order valence-electron chi connectivity index (χ4n) is 1.53. The molecule has 1 aromatic carbocycles. The molecule has 1 aromatic heterocycles. The molecule has 0 bridgehead atoms. The number of nitrogens with zero attached hydrogens (tertiary/aromatic N) is 3. The second kappa shape index (κ2) is 4.94. The van der Waals surface area contributed by atoms with E-state index in [-0.39, 0.29) is 23.4 Å². The minimum atomic E-state index is -3.82. The molecule has 0 aliphatic rings. The lowest BCUT2D eigenvalue weighted by Gasteiger charge is -2.15. The van der Waals surface area contributed by atoms with Crippen LogP contribution in [0.5, 0.6) is 0 Å². The number of carboxylic acids is 1. The molecule has 0 atom stereocenters. The van der Waals surface area contributed by atoms with Crippen LogP contribution in [0.4, 0.5) is 0 Å². The van der Waals surface area contributed by atoms with Gasteiger partial charge < -0.3 is 5.11 Å². The number of aromatic nitrogens is 2. The predicted octanol–water partition coefficient (Wildman–Crippen LogP) is 0.318. The van der Waals surface area contributed by atoms with Crippen LogP contribution in [0.2, 0.25) is 0 Å². The Labute approximate surface area is 108 Å². The van der Waals surface area contributed by atoms with Gasteiger partial charge in [-0.1, -0.05) is 6.07 Å². The number of aliphatic carboxylic acids is 1. The van der Waals surface area contributed by atoms with Crippen LogP contribution in [0.3, 0.4) is 0 Å². The van der Waals surface area contributed by atoms with Gasteiger partial charge in [0.25, 0.3) is 0 Å². The van der Waals surface area contributed by atoms with E-state index in [9.17, 15) is 13.2 Å². The van der Waals surface area contributed by atoms with Gasteiger partial charge in [-0.15, -0.1) is 0 Å². The first kappa shape index (κ1) is 13.4. The lowest BCUT2D eigenvalue weighted by molar-refractivity contribution is -0.137. The van der Waals surface area contributed by atoms with Crippen molar-refractivity contribution in [2.24, 2.45) is 0 Å². The number of sulfonamides is 1. The molecular weight excluding hydrogens is 274 g/mol. The Morgan fingerprint density at radius 2 is 2.16 bits per heavy atom. The molecule has 1 heterocycles. The molecule has 102 valence electrons. The molecular formula is C10H11N3O5S. The first-order valence-corrected chi connectivity index (χ1v) is 6.76. The molecule has 2 aromatic rings. The molecule has 1 N–H and O–H groups in total. The minimum absolute atomic E-state index is 0.0564. The van der Waals surface area contributed by atoms with E-state index in [1.54, 1.807) is 6.07 Å². The van der Waals surface area contributed by atoms with Crippen LogP contribution in [0, 0.1) is 0 Å². The largest absolute Gasteiger partial charge is 0.481 e. The SMILES string of the molecule is CN(CCC(=O)O)S(=O)(=O)c1cccc2nonc12. The molecule has 0 amide bonds. The highest BCUT2D eigenvalue weighted by molar-refractivity contribution is 7.89. The summed E-state index contributed by atoms with van der Waals surface area (Å²) in [6.45, 7) is -0.126. The fraction of sp³-hybridized carbons (Fsp3) is 0.300. The zero-order valence-electron chi connectivity index (χ0n) is 9.98. The van der Waals surface area contributed by atoms with E-state index in [1.165, 1.54) is 19.2 Å². The number of carbonyl (C=O) groups is 1. The average Bonchev–Trinajstić information content (AvgIpc) is 2.83. The monoisotopic (exact) mass is 285 g/mol. The van der Waals surface area contributed by atoms with Gasteiger partial charge in [0, 0.05) is 13.6 Å². The predicted molar refractivity (Wildman–Crippen MR) is 63.9 cm³/mol. The van der Waals surface area contributed by atoms with Crippen molar-refractivity contribution < 1.29 is 22.9 Å². The Hall–Kier alpha value is -2.00. The molecule has 8 nitrogen and oxygen atoms in total. The van der Waals surface area contributed by atoms with Gasteiger partial charge in [-0.2, -0.15) is 0 Å². The summed E-state index contributed by atoms with van der Waals surface area (Å²) >= 11 is 0. The van der Waals surface area contributed by atoms with E-state index in [4.69, 9.17) is 5.11 Å². The number of hydrogen-bond acceptors (Lipinski definition) is 6. The lowest BCUT2D eigenvalue weighted by Crippen LogP contribution is -2.29. The van der Waals surface area contributed by atoms with Crippen LogP contribution in [-0.2, 0) is 14.8 Å². The van der Waals surface area contributed by atoms with E-state index < -0.39 is 16.0 Å². The topological polar surface area (TPSA) is 114 Å². The zero-order chi connectivity index (χ0) is 14.0. The summed E-state index contributed by atoms with van der Waals surface area (Å²) in [6.07, 6.45) is -0.275. The van der Waals surface area contributed by atoms with E-state index in [0.717, 1.165) is 4.31 Å². The van der Waals surface area contributed by atoms with Crippen molar-refractivity contribution >= 4 is 27.0 Å². The molecule has 2 rings (SSSR count). The summed E-state index contributed by atoms with van der Waals surface area (Å²) in [5.74, 6) is -1.07. The van der Waals surface area contributed by atoms with Crippen molar-refractivity contribution in [3.8, 4) is 0 Å². The second-order valence-corrected chi connectivity index (χ2v) is 5.87. The molecule has 0 unspecified atom stereocenters. The van der Waals surface area contributed by atoms with Crippen molar-refractivity contribution in [3.05, 3.63) is 18.2 Å². The number of benzene rings is 1. The van der Waals surface area contributed by atoms with Crippen molar-refractivity contribution in [3.63, 3.8) is 0 Å². The third-order valence-electron chi connectivity index (χ3n) is 2.58. The average molecular weight is 285 g/mol. The minimum Gasteiger partial charge on any atom is -0.481 e. The summed E-state index contributed by atoms with van der Waals surface area (Å²) in [6, 6.07) is 4.46. The number of carboxylic acid groups (broad SMARTS) is 1. The van der Waals surface area contributed by atoms with Crippen molar-refractivity contribution in [2.75, 3.05) is 13.6 Å². The van der Waals surface area contributed by atoms with E-state index in [0.29, 0.717) is 5.52 Å². The first-order chi connectivity index (χ1) is 8.93. The van der Waals surface area contributed by atoms with Crippen molar-refractivity contribution in [1.82, 2.24) is 14.6 Å². The quantitative estimate of drug-likeness (QED) is 0.841. The Morgan fingerprint density at radius 1 is 1.42 bits per heavy atom. The molecule has 0 saturated carbocycles. The van der Waals surface area contributed by atoms with Gasteiger partial charge in [0.05, 0.1) is 6.42 Å². The van der Waals surface area contributed by atoms with Crippen LogP contribution in [-0.4, -0.2) is 47.7 Å². The highest BCUT2D eigenvalue weighted by atomic mass is 32.2.